The van der Waals surface area contributed by atoms with Crippen molar-refractivity contribution < 1.29 is 13.2 Å². The van der Waals surface area contributed by atoms with Crippen LogP contribution in [0.4, 0.5) is 0 Å². The first kappa shape index (κ1) is 17.0. The van der Waals surface area contributed by atoms with Crippen LogP contribution in [-0.4, -0.2) is 43.2 Å². The van der Waals surface area contributed by atoms with E-state index in [4.69, 9.17) is 0 Å². The first-order chi connectivity index (χ1) is 13.0. The minimum atomic E-state index is -3.51. The summed E-state index contributed by atoms with van der Waals surface area (Å²) in [7, 11) is -3.51. The molecule has 2 aromatic carbocycles. The Morgan fingerprint density at radius 1 is 1.04 bits per heavy atom. The van der Waals surface area contributed by atoms with Crippen molar-refractivity contribution in [2.45, 2.75) is 29.7 Å². The van der Waals surface area contributed by atoms with Crippen molar-refractivity contribution in [3.05, 3.63) is 65.7 Å². The summed E-state index contributed by atoms with van der Waals surface area (Å²) in [5, 5.41) is 0. The lowest BCUT2D eigenvalue weighted by Gasteiger charge is -2.34. The van der Waals surface area contributed by atoms with E-state index in [2.05, 4.69) is 0 Å². The van der Waals surface area contributed by atoms with Gasteiger partial charge in [0.15, 0.2) is 0 Å². The van der Waals surface area contributed by atoms with Crippen molar-refractivity contribution in [1.29, 1.82) is 0 Å². The van der Waals surface area contributed by atoms with E-state index in [1.165, 1.54) is 0 Å². The minimum absolute atomic E-state index is 0.0272. The summed E-state index contributed by atoms with van der Waals surface area (Å²) in [6, 6.07) is 16.5. The molecule has 1 spiro atoms. The van der Waals surface area contributed by atoms with Gasteiger partial charge in [0, 0.05) is 25.2 Å². The molecule has 0 bridgehead atoms. The zero-order chi connectivity index (χ0) is 18.6. The maximum atomic E-state index is 13.3. The summed E-state index contributed by atoms with van der Waals surface area (Å²) in [5.41, 5.74) is 0.883. The van der Waals surface area contributed by atoms with Crippen molar-refractivity contribution in [2.75, 3.05) is 19.6 Å². The number of sulfonamides is 1. The number of hydrogen-bond donors (Lipinski definition) is 0. The summed E-state index contributed by atoms with van der Waals surface area (Å²) < 4.78 is 28.3. The average Bonchev–Trinajstić information content (AvgIpc) is 3.38. The van der Waals surface area contributed by atoms with Gasteiger partial charge in [-0.2, -0.15) is 4.31 Å². The molecule has 2 aromatic rings. The van der Waals surface area contributed by atoms with Crippen LogP contribution < -0.4 is 0 Å². The summed E-state index contributed by atoms with van der Waals surface area (Å²) in [6.45, 7) is 1.55. The van der Waals surface area contributed by atoms with E-state index in [9.17, 15) is 13.2 Å². The number of hydrogen-bond acceptors (Lipinski definition) is 3. The van der Waals surface area contributed by atoms with Crippen molar-refractivity contribution in [3.63, 3.8) is 0 Å². The van der Waals surface area contributed by atoms with E-state index in [1.807, 2.05) is 47.4 Å². The van der Waals surface area contributed by atoms with Crippen LogP contribution in [0.3, 0.4) is 0 Å². The van der Waals surface area contributed by atoms with Crippen molar-refractivity contribution >= 4 is 15.9 Å². The van der Waals surface area contributed by atoms with Crippen molar-refractivity contribution in [1.82, 2.24) is 9.21 Å². The second kappa shape index (κ2) is 5.91. The van der Waals surface area contributed by atoms with Crippen LogP contribution in [0.15, 0.2) is 59.5 Å². The Labute approximate surface area is 159 Å². The maximum absolute atomic E-state index is 13.3. The number of nitrogens with zero attached hydrogens (tertiary/aromatic N) is 2. The number of amides is 1. The molecule has 1 amide bonds. The van der Waals surface area contributed by atoms with Gasteiger partial charge in [-0.1, -0.05) is 36.4 Å². The van der Waals surface area contributed by atoms with Crippen LogP contribution in [0.25, 0.3) is 0 Å². The summed E-state index contributed by atoms with van der Waals surface area (Å²) in [5.74, 6) is 0.422. The third kappa shape index (κ3) is 2.54. The molecule has 0 N–H and O–H groups in total. The zero-order valence-corrected chi connectivity index (χ0v) is 15.9. The highest BCUT2D eigenvalue weighted by Gasteiger charge is 2.58. The molecule has 6 heteroatoms. The van der Waals surface area contributed by atoms with Crippen LogP contribution in [-0.2, 0) is 15.6 Å². The Bertz CT molecular complexity index is 1000. The second-order valence-electron chi connectivity index (χ2n) is 7.85. The number of benzene rings is 2. The summed E-state index contributed by atoms with van der Waals surface area (Å²) in [4.78, 5) is 15.2. The SMILES string of the molecule is O=C(c1ccccc1)N1CCC2(C1)c1ccccc1S(=O)(=O)N2CC1CC1. The van der Waals surface area contributed by atoms with Crippen LogP contribution in [0.1, 0.15) is 35.2 Å². The third-order valence-electron chi connectivity index (χ3n) is 6.11. The van der Waals surface area contributed by atoms with Crippen molar-refractivity contribution in [3.8, 4) is 0 Å². The van der Waals surface area contributed by atoms with Crippen LogP contribution in [0.5, 0.6) is 0 Å². The largest absolute Gasteiger partial charge is 0.336 e. The topological polar surface area (TPSA) is 57.7 Å². The van der Waals surface area contributed by atoms with Gasteiger partial charge in [0.1, 0.15) is 0 Å². The molecular formula is C21H22N2O3S. The van der Waals surface area contributed by atoms with Crippen molar-refractivity contribution in [2.24, 2.45) is 5.92 Å². The number of carbonyl (C=O) groups is 1. The Morgan fingerprint density at radius 2 is 1.74 bits per heavy atom. The van der Waals surface area contributed by atoms with E-state index in [1.54, 1.807) is 16.4 Å². The molecule has 1 aliphatic carbocycles. The normalized spacial score (nSPS) is 26.4. The Morgan fingerprint density at radius 3 is 2.48 bits per heavy atom. The molecule has 2 fully saturated rings. The van der Waals surface area contributed by atoms with Gasteiger partial charge in [-0.25, -0.2) is 8.42 Å². The molecule has 1 saturated heterocycles. The van der Waals surface area contributed by atoms with E-state index in [0.29, 0.717) is 42.4 Å². The van der Waals surface area contributed by atoms with E-state index >= 15 is 0 Å². The zero-order valence-electron chi connectivity index (χ0n) is 15.0. The summed E-state index contributed by atoms with van der Waals surface area (Å²) >= 11 is 0. The van der Waals surface area contributed by atoms with Gasteiger partial charge < -0.3 is 4.90 Å². The molecule has 5 rings (SSSR count). The lowest BCUT2D eigenvalue weighted by molar-refractivity contribution is 0.0763. The molecule has 1 atom stereocenters. The monoisotopic (exact) mass is 382 g/mol. The van der Waals surface area contributed by atoms with Gasteiger partial charge in [-0.3, -0.25) is 4.79 Å². The molecule has 27 heavy (non-hydrogen) atoms. The molecule has 1 unspecified atom stereocenters. The first-order valence-electron chi connectivity index (χ1n) is 9.49. The van der Waals surface area contributed by atoms with Gasteiger partial charge in [0.2, 0.25) is 10.0 Å². The Hall–Kier alpha value is -2.18. The lowest BCUT2D eigenvalue weighted by atomic mass is 9.88. The Kier molecular flexibility index (Phi) is 3.71. The fraction of sp³-hybridized carbons (Fsp3) is 0.381. The predicted molar refractivity (Wildman–Crippen MR) is 102 cm³/mol. The standard InChI is InChI=1S/C21H22N2O3S/c24-20(17-6-2-1-3-7-17)22-13-12-21(15-22)18-8-4-5-9-19(18)27(25,26)23(21)14-16-10-11-16/h1-9,16H,10-15H2. The van der Waals surface area contributed by atoms with E-state index in [-0.39, 0.29) is 5.91 Å². The number of fused-ring (bicyclic) bond motifs is 2. The highest BCUT2D eigenvalue weighted by Crippen LogP contribution is 2.51. The van der Waals surface area contributed by atoms with Gasteiger partial charge in [0.05, 0.1) is 10.4 Å². The highest BCUT2D eigenvalue weighted by atomic mass is 32.2. The molecule has 2 aliphatic heterocycles. The van der Waals surface area contributed by atoms with Crippen LogP contribution >= 0.6 is 0 Å². The Balaban J connectivity index is 1.54. The molecule has 5 nitrogen and oxygen atoms in total. The van der Waals surface area contributed by atoms with Gasteiger partial charge in [-0.15, -0.1) is 0 Å². The van der Waals surface area contributed by atoms with Gasteiger partial charge in [-0.05, 0) is 48.9 Å². The van der Waals surface area contributed by atoms with Crippen LogP contribution in [0.2, 0.25) is 0 Å². The third-order valence-corrected chi connectivity index (χ3v) is 8.10. The number of likely N-dealkylation sites (tertiary alicyclic amines) is 1. The fourth-order valence-corrected chi connectivity index (χ4v) is 6.66. The molecule has 140 valence electrons. The quantitative estimate of drug-likeness (QED) is 0.820. The van der Waals surface area contributed by atoms with E-state index in [0.717, 1.165) is 18.4 Å². The number of carbonyl (C=O) groups excluding carboxylic acids is 1. The van der Waals surface area contributed by atoms with E-state index < -0.39 is 15.6 Å². The number of rotatable bonds is 3. The lowest BCUT2D eigenvalue weighted by Crippen LogP contribution is -2.47. The molecule has 3 aliphatic rings. The smallest absolute Gasteiger partial charge is 0.253 e. The molecular weight excluding hydrogens is 360 g/mol. The molecule has 2 heterocycles. The second-order valence-corrected chi connectivity index (χ2v) is 9.68. The summed E-state index contributed by atoms with van der Waals surface area (Å²) in [6.07, 6.45) is 2.82. The van der Waals surface area contributed by atoms with Gasteiger partial charge >= 0.3 is 0 Å². The molecule has 1 saturated carbocycles. The first-order valence-corrected chi connectivity index (χ1v) is 10.9. The predicted octanol–water partition coefficient (Wildman–Crippen LogP) is 2.84. The molecule has 0 radical (unpaired) electrons. The average molecular weight is 382 g/mol. The minimum Gasteiger partial charge on any atom is -0.336 e. The molecule has 0 aromatic heterocycles. The van der Waals surface area contributed by atoms with Crippen LogP contribution in [0, 0.1) is 5.92 Å². The van der Waals surface area contributed by atoms with Gasteiger partial charge in [0.25, 0.3) is 5.91 Å². The maximum Gasteiger partial charge on any atom is 0.253 e. The highest BCUT2D eigenvalue weighted by molar-refractivity contribution is 7.89. The fourth-order valence-electron chi connectivity index (χ4n) is 4.52.